The van der Waals surface area contributed by atoms with E-state index in [1.54, 1.807) is 5.01 Å². The zero-order chi connectivity index (χ0) is 7.78. The summed E-state index contributed by atoms with van der Waals surface area (Å²) in [5.41, 5.74) is 0.0226. The van der Waals surface area contributed by atoms with Crippen molar-refractivity contribution in [1.29, 1.82) is 0 Å². The van der Waals surface area contributed by atoms with Crippen LogP contribution >= 0.6 is 0 Å². The number of hydrogen-bond donors (Lipinski definition) is 2. The maximum absolute atomic E-state index is 9.03. The lowest BCUT2D eigenvalue weighted by molar-refractivity contribution is 0.117. The van der Waals surface area contributed by atoms with E-state index in [9.17, 15) is 0 Å². The minimum absolute atomic E-state index is 0.0226. The molecule has 2 unspecified atom stereocenters. The van der Waals surface area contributed by atoms with Crippen LogP contribution in [0.3, 0.4) is 0 Å². The third-order valence-electron chi connectivity index (χ3n) is 2.62. The van der Waals surface area contributed by atoms with E-state index in [4.69, 9.17) is 10.9 Å². The molecule has 0 spiro atoms. The van der Waals surface area contributed by atoms with Crippen LogP contribution in [-0.4, -0.2) is 29.8 Å². The molecule has 1 rings (SSSR count). The fraction of sp³-hybridized carbons (Fsp3) is 1.00. The predicted molar refractivity (Wildman–Crippen MR) is 40.1 cm³/mol. The normalized spacial score (nSPS) is 42.6. The van der Waals surface area contributed by atoms with Crippen LogP contribution in [0, 0.1) is 11.3 Å². The number of rotatable bonds is 1. The number of aliphatic hydroxyl groups excluding tert-OH is 1. The summed E-state index contributed by atoms with van der Waals surface area (Å²) in [4.78, 5) is 0. The molecular formula is C7H16N2O. The predicted octanol–water partition coefficient (Wildman–Crippen LogP) is -0.190. The molecule has 3 heteroatoms. The number of hydrazine groups is 1. The van der Waals surface area contributed by atoms with Crippen LogP contribution in [0.5, 0.6) is 0 Å². The molecule has 0 saturated carbocycles. The molecule has 3 nitrogen and oxygen atoms in total. The van der Waals surface area contributed by atoms with Crippen molar-refractivity contribution in [2.45, 2.75) is 13.8 Å². The van der Waals surface area contributed by atoms with Crippen molar-refractivity contribution < 1.29 is 5.11 Å². The Hall–Kier alpha value is -0.120. The highest BCUT2D eigenvalue weighted by Gasteiger charge is 2.38. The van der Waals surface area contributed by atoms with E-state index in [0.717, 1.165) is 13.1 Å². The Morgan fingerprint density at radius 1 is 1.80 bits per heavy atom. The second-order valence-electron chi connectivity index (χ2n) is 3.64. The molecule has 1 aliphatic heterocycles. The van der Waals surface area contributed by atoms with Gasteiger partial charge in [0.1, 0.15) is 0 Å². The van der Waals surface area contributed by atoms with Crippen LogP contribution in [0.15, 0.2) is 0 Å². The molecule has 0 radical (unpaired) electrons. The molecule has 0 aromatic carbocycles. The van der Waals surface area contributed by atoms with Gasteiger partial charge < -0.3 is 5.11 Å². The highest BCUT2D eigenvalue weighted by Crippen LogP contribution is 2.32. The minimum Gasteiger partial charge on any atom is -0.396 e. The van der Waals surface area contributed by atoms with Gasteiger partial charge >= 0.3 is 0 Å². The van der Waals surface area contributed by atoms with E-state index in [1.807, 2.05) is 0 Å². The van der Waals surface area contributed by atoms with Gasteiger partial charge in [0.05, 0.1) is 6.61 Å². The standard InChI is InChI=1S/C7H16N2O/c1-6-3-9(8)4-7(6,2)5-10/h6,10H,3-5,8H2,1-2H3. The van der Waals surface area contributed by atoms with Crippen LogP contribution in [0.2, 0.25) is 0 Å². The van der Waals surface area contributed by atoms with Crippen molar-refractivity contribution in [2.24, 2.45) is 17.2 Å². The average molecular weight is 144 g/mol. The number of aliphatic hydroxyl groups is 1. The van der Waals surface area contributed by atoms with Crippen molar-refractivity contribution in [3.05, 3.63) is 0 Å². The molecule has 0 aliphatic carbocycles. The Morgan fingerprint density at radius 2 is 2.40 bits per heavy atom. The number of nitrogens with zero attached hydrogens (tertiary/aromatic N) is 1. The minimum atomic E-state index is 0.0226. The molecule has 1 fully saturated rings. The van der Waals surface area contributed by atoms with Gasteiger partial charge in [-0.25, -0.2) is 5.01 Å². The Kier molecular flexibility index (Phi) is 1.99. The van der Waals surface area contributed by atoms with Gasteiger partial charge in [-0.05, 0) is 5.92 Å². The summed E-state index contributed by atoms with van der Waals surface area (Å²) in [5, 5.41) is 10.8. The largest absolute Gasteiger partial charge is 0.396 e. The van der Waals surface area contributed by atoms with Crippen LogP contribution in [0.25, 0.3) is 0 Å². The molecule has 3 N–H and O–H groups in total. The maximum Gasteiger partial charge on any atom is 0.0500 e. The first-order valence-electron chi connectivity index (χ1n) is 3.69. The first kappa shape index (κ1) is 7.98. The molecule has 10 heavy (non-hydrogen) atoms. The number of hydrogen-bond acceptors (Lipinski definition) is 3. The van der Waals surface area contributed by atoms with Gasteiger partial charge in [0, 0.05) is 18.5 Å². The summed E-state index contributed by atoms with van der Waals surface area (Å²) in [6, 6.07) is 0. The molecule has 1 aliphatic rings. The Labute approximate surface area is 61.8 Å². The van der Waals surface area contributed by atoms with Gasteiger partial charge in [0.2, 0.25) is 0 Å². The van der Waals surface area contributed by atoms with Crippen molar-refractivity contribution >= 4 is 0 Å². The zero-order valence-electron chi connectivity index (χ0n) is 6.67. The second kappa shape index (κ2) is 2.49. The van der Waals surface area contributed by atoms with Gasteiger partial charge in [-0.15, -0.1) is 0 Å². The molecular weight excluding hydrogens is 128 g/mol. The average Bonchev–Trinajstić information content (AvgIpc) is 2.09. The fourth-order valence-electron chi connectivity index (χ4n) is 1.46. The summed E-state index contributed by atoms with van der Waals surface area (Å²) in [6.45, 7) is 6.15. The van der Waals surface area contributed by atoms with Crippen molar-refractivity contribution in [2.75, 3.05) is 19.7 Å². The van der Waals surface area contributed by atoms with E-state index >= 15 is 0 Å². The number of nitrogens with two attached hydrogens (primary N) is 1. The highest BCUT2D eigenvalue weighted by molar-refractivity contribution is 4.88. The first-order chi connectivity index (χ1) is 4.58. The van der Waals surface area contributed by atoms with Gasteiger partial charge in [0.25, 0.3) is 0 Å². The maximum atomic E-state index is 9.03. The molecule has 0 aromatic rings. The second-order valence-corrected chi connectivity index (χ2v) is 3.64. The smallest absolute Gasteiger partial charge is 0.0500 e. The van der Waals surface area contributed by atoms with Gasteiger partial charge in [0.15, 0.2) is 0 Å². The zero-order valence-corrected chi connectivity index (χ0v) is 6.67. The van der Waals surface area contributed by atoms with E-state index in [-0.39, 0.29) is 12.0 Å². The van der Waals surface area contributed by atoms with Gasteiger partial charge in [-0.2, -0.15) is 0 Å². The van der Waals surface area contributed by atoms with Crippen LogP contribution < -0.4 is 5.84 Å². The monoisotopic (exact) mass is 144 g/mol. The fourth-order valence-corrected chi connectivity index (χ4v) is 1.46. The van der Waals surface area contributed by atoms with E-state index in [0.29, 0.717) is 5.92 Å². The molecule has 0 aromatic heterocycles. The topological polar surface area (TPSA) is 49.5 Å². The van der Waals surface area contributed by atoms with Crippen molar-refractivity contribution in [3.63, 3.8) is 0 Å². The third-order valence-corrected chi connectivity index (χ3v) is 2.62. The lowest BCUT2D eigenvalue weighted by Gasteiger charge is -2.24. The van der Waals surface area contributed by atoms with Crippen molar-refractivity contribution in [1.82, 2.24) is 5.01 Å². The molecule has 0 bridgehead atoms. The summed E-state index contributed by atoms with van der Waals surface area (Å²) in [6.07, 6.45) is 0. The molecule has 60 valence electrons. The van der Waals surface area contributed by atoms with E-state index < -0.39 is 0 Å². The molecule has 0 amide bonds. The Bertz CT molecular complexity index is 129. The third kappa shape index (κ3) is 1.17. The van der Waals surface area contributed by atoms with Gasteiger partial charge in [-0.3, -0.25) is 5.84 Å². The lowest BCUT2D eigenvalue weighted by atomic mass is 9.82. The van der Waals surface area contributed by atoms with Crippen LogP contribution in [0.4, 0.5) is 0 Å². The summed E-state index contributed by atoms with van der Waals surface area (Å²) in [7, 11) is 0. The lowest BCUT2D eigenvalue weighted by Crippen LogP contribution is -2.32. The van der Waals surface area contributed by atoms with Crippen LogP contribution in [0.1, 0.15) is 13.8 Å². The highest BCUT2D eigenvalue weighted by atomic mass is 16.3. The summed E-state index contributed by atoms with van der Waals surface area (Å²) >= 11 is 0. The molecule has 1 heterocycles. The van der Waals surface area contributed by atoms with E-state index in [1.165, 1.54) is 0 Å². The molecule has 1 saturated heterocycles. The summed E-state index contributed by atoms with van der Waals surface area (Å²) in [5.74, 6) is 6.10. The SMILES string of the molecule is CC1CN(N)CC1(C)CO. The quantitative estimate of drug-likeness (QED) is 0.501. The van der Waals surface area contributed by atoms with Gasteiger partial charge in [-0.1, -0.05) is 13.8 Å². The van der Waals surface area contributed by atoms with Crippen molar-refractivity contribution in [3.8, 4) is 0 Å². The molecule has 2 atom stereocenters. The Morgan fingerprint density at radius 3 is 2.60 bits per heavy atom. The Balaban J connectivity index is 2.61. The first-order valence-corrected chi connectivity index (χ1v) is 3.69. The van der Waals surface area contributed by atoms with Crippen LogP contribution in [-0.2, 0) is 0 Å². The summed E-state index contributed by atoms with van der Waals surface area (Å²) < 4.78 is 0. The van der Waals surface area contributed by atoms with E-state index in [2.05, 4.69) is 13.8 Å².